The summed E-state index contributed by atoms with van der Waals surface area (Å²) < 4.78 is 4.99. The first-order valence-corrected chi connectivity index (χ1v) is 9.73. The number of carbonyl (C=O) groups excluding carboxylic acids is 1. The molecule has 0 unspecified atom stereocenters. The van der Waals surface area contributed by atoms with E-state index in [-0.39, 0.29) is 5.91 Å². The minimum atomic E-state index is -0.210. The number of ether oxygens (including phenoxy) is 1. The van der Waals surface area contributed by atoms with Crippen LogP contribution in [0.5, 0.6) is 0 Å². The minimum absolute atomic E-state index is 0.210. The standard InChI is InChI=1S/C21H31N5O2/c1-6-26(7-2)17-9-10-18(15(3)13-17)24-21-23-16(4)14-19(25-21)20(27)22-11-8-12-28-5/h9-10,13-14H,6-8,11-12H2,1-5H3,(H,22,27)(H,23,24,25). The zero-order valence-electron chi connectivity index (χ0n) is 17.5. The highest BCUT2D eigenvalue weighted by atomic mass is 16.5. The summed E-state index contributed by atoms with van der Waals surface area (Å²) in [6, 6.07) is 7.95. The molecule has 152 valence electrons. The molecule has 0 atom stereocenters. The molecule has 1 aromatic carbocycles. The fourth-order valence-corrected chi connectivity index (χ4v) is 2.94. The van der Waals surface area contributed by atoms with Crippen molar-refractivity contribution in [3.8, 4) is 0 Å². The van der Waals surface area contributed by atoms with E-state index in [2.05, 4.69) is 58.4 Å². The van der Waals surface area contributed by atoms with E-state index in [1.54, 1.807) is 13.2 Å². The molecule has 1 aromatic heterocycles. The molecule has 2 rings (SSSR count). The van der Waals surface area contributed by atoms with Crippen molar-refractivity contribution in [2.24, 2.45) is 0 Å². The first kappa shape index (κ1) is 21.6. The first-order valence-electron chi connectivity index (χ1n) is 9.73. The number of methoxy groups -OCH3 is 1. The van der Waals surface area contributed by atoms with Gasteiger partial charge in [0.1, 0.15) is 5.69 Å². The highest BCUT2D eigenvalue weighted by Gasteiger charge is 2.12. The maximum atomic E-state index is 12.3. The van der Waals surface area contributed by atoms with Gasteiger partial charge in [-0.2, -0.15) is 0 Å². The zero-order chi connectivity index (χ0) is 20.5. The fourth-order valence-electron chi connectivity index (χ4n) is 2.94. The Balaban J connectivity index is 2.14. The number of amides is 1. The van der Waals surface area contributed by atoms with Crippen LogP contribution in [0.4, 0.5) is 17.3 Å². The summed E-state index contributed by atoms with van der Waals surface area (Å²) in [5, 5.41) is 6.10. The maximum Gasteiger partial charge on any atom is 0.270 e. The van der Waals surface area contributed by atoms with Gasteiger partial charge in [-0.25, -0.2) is 9.97 Å². The summed E-state index contributed by atoms with van der Waals surface area (Å²) >= 11 is 0. The van der Waals surface area contributed by atoms with Gasteiger partial charge in [-0.1, -0.05) is 0 Å². The van der Waals surface area contributed by atoms with E-state index in [9.17, 15) is 4.79 Å². The van der Waals surface area contributed by atoms with Gasteiger partial charge in [0.2, 0.25) is 5.95 Å². The lowest BCUT2D eigenvalue weighted by Crippen LogP contribution is -2.26. The number of rotatable bonds is 10. The van der Waals surface area contributed by atoms with E-state index in [4.69, 9.17) is 4.74 Å². The van der Waals surface area contributed by atoms with E-state index in [0.29, 0.717) is 24.8 Å². The lowest BCUT2D eigenvalue weighted by Gasteiger charge is -2.22. The summed E-state index contributed by atoms with van der Waals surface area (Å²) in [5.74, 6) is 0.207. The molecule has 2 aromatic rings. The van der Waals surface area contributed by atoms with Crippen molar-refractivity contribution < 1.29 is 9.53 Å². The first-order chi connectivity index (χ1) is 13.5. The lowest BCUT2D eigenvalue weighted by atomic mass is 10.1. The summed E-state index contributed by atoms with van der Waals surface area (Å²) in [5.41, 5.74) is 4.30. The Morgan fingerprint density at radius 1 is 1.14 bits per heavy atom. The van der Waals surface area contributed by atoms with Crippen molar-refractivity contribution >= 4 is 23.2 Å². The van der Waals surface area contributed by atoms with Gasteiger partial charge in [0.05, 0.1) is 0 Å². The lowest BCUT2D eigenvalue weighted by molar-refractivity contribution is 0.0943. The molecule has 0 fully saturated rings. The summed E-state index contributed by atoms with van der Waals surface area (Å²) in [6.45, 7) is 11.3. The molecule has 28 heavy (non-hydrogen) atoms. The van der Waals surface area contributed by atoms with Gasteiger partial charge in [-0.05, 0) is 63.9 Å². The van der Waals surface area contributed by atoms with Crippen LogP contribution in [-0.4, -0.2) is 49.2 Å². The maximum absolute atomic E-state index is 12.3. The fraction of sp³-hybridized carbons (Fsp3) is 0.476. The van der Waals surface area contributed by atoms with Gasteiger partial charge in [-0.3, -0.25) is 4.79 Å². The Kier molecular flexibility index (Phi) is 8.19. The number of carbonyl (C=O) groups is 1. The van der Waals surface area contributed by atoms with Gasteiger partial charge < -0.3 is 20.3 Å². The van der Waals surface area contributed by atoms with Crippen LogP contribution < -0.4 is 15.5 Å². The summed E-state index contributed by atoms with van der Waals surface area (Å²) in [7, 11) is 1.64. The average Bonchev–Trinajstić information content (AvgIpc) is 2.67. The normalized spacial score (nSPS) is 10.6. The third kappa shape index (κ3) is 5.92. The second kappa shape index (κ2) is 10.6. The van der Waals surface area contributed by atoms with Crippen molar-refractivity contribution in [3.63, 3.8) is 0 Å². The highest BCUT2D eigenvalue weighted by molar-refractivity contribution is 5.92. The van der Waals surface area contributed by atoms with Crippen molar-refractivity contribution in [1.29, 1.82) is 0 Å². The van der Waals surface area contributed by atoms with Crippen molar-refractivity contribution in [2.45, 2.75) is 34.1 Å². The van der Waals surface area contributed by atoms with Crippen LogP contribution in [0.25, 0.3) is 0 Å². The average molecular weight is 386 g/mol. The van der Waals surface area contributed by atoms with Crippen LogP contribution >= 0.6 is 0 Å². The third-order valence-electron chi connectivity index (χ3n) is 4.48. The Labute approximate surface area is 167 Å². The third-order valence-corrected chi connectivity index (χ3v) is 4.48. The second-order valence-electron chi connectivity index (χ2n) is 6.62. The van der Waals surface area contributed by atoms with Crippen LogP contribution in [0.2, 0.25) is 0 Å². The van der Waals surface area contributed by atoms with Crippen LogP contribution in [-0.2, 0) is 4.74 Å². The van der Waals surface area contributed by atoms with Crippen molar-refractivity contribution in [1.82, 2.24) is 15.3 Å². The molecule has 0 spiro atoms. The molecule has 2 N–H and O–H groups in total. The van der Waals surface area contributed by atoms with E-state index >= 15 is 0 Å². The number of nitrogens with zero attached hydrogens (tertiary/aromatic N) is 3. The Bertz CT molecular complexity index is 790. The molecule has 1 heterocycles. The number of nitrogens with one attached hydrogen (secondary N) is 2. The summed E-state index contributed by atoms with van der Waals surface area (Å²) in [6.07, 6.45) is 0.759. The largest absolute Gasteiger partial charge is 0.385 e. The van der Waals surface area contributed by atoms with Gasteiger partial charge in [-0.15, -0.1) is 0 Å². The summed E-state index contributed by atoms with van der Waals surface area (Å²) in [4.78, 5) is 23.4. The predicted molar refractivity (Wildman–Crippen MR) is 114 cm³/mol. The molecule has 7 nitrogen and oxygen atoms in total. The minimum Gasteiger partial charge on any atom is -0.385 e. The SMILES string of the molecule is CCN(CC)c1ccc(Nc2nc(C)cc(C(=O)NCCCOC)n2)c(C)c1. The number of hydrogen-bond donors (Lipinski definition) is 2. The van der Waals surface area contributed by atoms with E-state index in [1.165, 1.54) is 5.69 Å². The quantitative estimate of drug-likeness (QED) is 0.610. The van der Waals surface area contributed by atoms with Crippen LogP contribution in [0.3, 0.4) is 0 Å². The van der Waals surface area contributed by atoms with Crippen molar-refractivity contribution in [2.75, 3.05) is 43.6 Å². The molecule has 0 aliphatic heterocycles. The molecule has 0 aliphatic carbocycles. The Morgan fingerprint density at radius 2 is 1.89 bits per heavy atom. The monoisotopic (exact) mass is 385 g/mol. The van der Waals surface area contributed by atoms with Gasteiger partial charge in [0.25, 0.3) is 5.91 Å². The molecule has 0 bridgehead atoms. The second-order valence-corrected chi connectivity index (χ2v) is 6.62. The van der Waals surface area contributed by atoms with Crippen LogP contribution in [0, 0.1) is 13.8 Å². The molecule has 0 aliphatic rings. The molecule has 0 saturated carbocycles. The molecular weight excluding hydrogens is 354 g/mol. The number of anilines is 3. The number of aromatic nitrogens is 2. The van der Waals surface area contributed by atoms with Gasteiger partial charge in [0.15, 0.2) is 0 Å². The smallest absolute Gasteiger partial charge is 0.270 e. The topological polar surface area (TPSA) is 79.4 Å². The van der Waals surface area contributed by atoms with E-state index < -0.39 is 0 Å². The van der Waals surface area contributed by atoms with Crippen LogP contribution in [0.15, 0.2) is 24.3 Å². The molecule has 7 heteroatoms. The van der Waals surface area contributed by atoms with Gasteiger partial charge in [0, 0.05) is 50.4 Å². The molecule has 1 amide bonds. The molecular formula is C21H31N5O2. The van der Waals surface area contributed by atoms with Crippen LogP contribution in [0.1, 0.15) is 42.0 Å². The number of benzene rings is 1. The molecule has 0 saturated heterocycles. The van der Waals surface area contributed by atoms with E-state index in [1.807, 2.05) is 13.0 Å². The predicted octanol–water partition coefficient (Wildman–Crippen LogP) is 3.45. The Morgan fingerprint density at radius 3 is 2.54 bits per heavy atom. The van der Waals surface area contributed by atoms with E-state index in [0.717, 1.165) is 36.5 Å². The number of aryl methyl sites for hydroxylation is 2. The highest BCUT2D eigenvalue weighted by Crippen LogP contribution is 2.24. The molecule has 0 radical (unpaired) electrons. The van der Waals surface area contributed by atoms with Crippen molar-refractivity contribution in [3.05, 3.63) is 41.2 Å². The zero-order valence-corrected chi connectivity index (χ0v) is 17.5. The number of hydrogen-bond acceptors (Lipinski definition) is 6. The Hall–Kier alpha value is -2.67. The van der Waals surface area contributed by atoms with Gasteiger partial charge >= 0.3 is 0 Å².